The molecule has 0 fully saturated rings. The Kier molecular flexibility index (Phi) is 5.86. The lowest BCUT2D eigenvalue weighted by molar-refractivity contribution is 0.0181. The van der Waals surface area contributed by atoms with E-state index < -0.39 is 5.92 Å². The van der Waals surface area contributed by atoms with Crippen LogP contribution in [0.5, 0.6) is 0 Å². The summed E-state index contributed by atoms with van der Waals surface area (Å²) in [6.07, 6.45) is 5.43. The number of aromatic nitrogens is 2. The smallest absolute Gasteiger partial charge is 0.271 e. The van der Waals surface area contributed by atoms with Crippen LogP contribution in [-0.4, -0.2) is 22.4 Å². The van der Waals surface area contributed by atoms with E-state index >= 15 is 0 Å². The highest BCUT2D eigenvalue weighted by Crippen LogP contribution is 2.41. The Bertz CT molecular complexity index is 714. The molecule has 2 heterocycles. The predicted octanol–water partition coefficient (Wildman–Crippen LogP) is 5.39. The zero-order valence-electron chi connectivity index (χ0n) is 16.1. The molecular formula is C20H29F2N3. The third-order valence-corrected chi connectivity index (χ3v) is 4.49. The van der Waals surface area contributed by atoms with Crippen LogP contribution < -0.4 is 4.90 Å². The molecule has 0 amide bonds. The summed E-state index contributed by atoms with van der Waals surface area (Å²) in [5, 5.41) is 4.13. The van der Waals surface area contributed by atoms with E-state index in [0.717, 1.165) is 43.1 Å². The maximum absolute atomic E-state index is 14.3. The second-order valence-corrected chi connectivity index (χ2v) is 6.71. The lowest BCUT2D eigenvalue weighted by Gasteiger charge is -2.36. The summed E-state index contributed by atoms with van der Waals surface area (Å²) in [5.41, 5.74) is 3.52. The van der Waals surface area contributed by atoms with E-state index in [1.807, 2.05) is 19.9 Å². The number of hydrogen-bond donors (Lipinski definition) is 0. The van der Waals surface area contributed by atoms with E-state index in [-0.39, 0.29) is 5.56 Å². The molecule has 0 unspecified atom stereocenters. The Morgan fingerprint density at radius 1 is 1.20 bits per heavy atom. The number of aryl methyl sites for hydroxylation is 2. The third-order valence-electron chi connectivity index (χ3n) is 4.49. The van der Waals surface area contributed by atoms with Gasteiger partial charge in [0, 0.05) is 49.6 Å². The molecule has 1 aromatic carbocycles. The fourth-order valence-corrected chi connectivity index (χ4v) is 3.36. The average Bonchev–Trinajstić information content (AvgIpc) is 3.00. The topological polar surface area (TPSA) is 21.1 Å². The van der Waals surface area contributed by atoms with Crippen molar-refractivity contribution in [3.05, 3.63) is 35.7 Å². The zero-order valence-corrected chi connectivity index (χ0v) is 16.1. The first-order chi connectivity index (χ1) is 11.8. The highest BCUT2D eigenvalue weighted by Gasteiger charge is 2.31. The third kappa shape index (κ3) is 4.02. The van der Waals surface area contributed by atoms with Gasteiger partial charge in [-0.1, -0.05) is 13.8 Å². The lowest BCUT2D eigenvalue weighted by atomic mass is 9.90. The van der Waals surface area contributed by atoms with E-state index in [4.69, 9.17) is 0 Å². The van der Waals surface area contributed by atoms with E-state index in [2.05, 4.69) is 23.8 Å². The van der Waals surface area contributed by atoms with Crippen molar-refractivity contribution in [1.82, 2.24) is 9.78 Å². The fourth-order valence-electron chi connectivity index (χ4n) is 3.36. The SMILES string of the molecule is CC.CC(C)N1CCCc2cc(-c3cnn(C)c3)c(C(C)(F)F)cc21. The first kappa shape index (κ1) is 19.4. The van der Waals surface area contributed by atoms with Crippen molar-refractivity contribution >= 4 is 5.69 Å². The molecule has 0 saturated heterocycles. The van der Waals surface area contributed by atoms with Crippen molar-refractivity contribution < 1.29 is 8.78 Å². The number of hydrogen-bond acceptors (Lipinski definition) is 2. The van der Waals surface area contributed by atoms with E-state index in [1.54, 1.807) is 30.2 Å². The molecule has 2 aromatic rings. The number of benzene rings is 1. The Morgan fingerprint density at radius 2 is 1.88 bits per heavy atom. The second-order valence-electron chi connectivity index (χ2n) is 6.71. The summed E-state index contributed by atoms with van der Waals surface area (Å²) < 4.78 is 30.2. The summed E-state index contributed by atoms with van der Waals surface area (Å²) in [5.74, 6) is -2.89. The van der Waals surface area contributed by atoms with Gasteiger partial charge in [-0.25, -0.2) is 8.78 Å². The van der Waals surface area contributed by atoms with Crippen molar-refractivity contribution in [3.8, 4) is 11.1 Å². The number of halogens is 2. The van der Waals surface area contributed by atoms with Crippen molar-refractivity contribution in [2.75, 3.05) is 11.4 Å². The molecule has 0 N–H and O–H groups in total. The van der Waals surface area contributed by atoms with Crippen molar-refractivity contribution in [1.29, 1.82) is 0 Å². The summed E-state index contributed by atoms with van der Waals surface area (Å²) in [7, 11) is 1.80. The van der Waals surface area contributed by atoms with E-state index in [1.165, 1.54) is 0 Å². The molecule has 0 radical (unpaired) electrons. The second kappa shape index (κ2) is 7.54. The van der Waals surface area contributed by atoms with Gasteiger partial charge in [-0.3, -0.25) is 4.68 Å². The molecule has 25 heavy (non-hydrogen) atoms. The largest absolute Gasteiger partial charge is 0.369 e. The Hall–Kier alpha value is -1.91. The molecule has 1 aliphatic rings. The minimum absolute atomic E-state index is 0.0804. The molecule has 1 aromatic heterocycles. The van der Waals surface area contributed by atoms with Crippen LogP contribution in [0.3, 0.4) is 0 Å². The standard InChI is InChI=1S/C18H23F2N3.C2H6/c1-12(2)23-7-5-6-13-8-15(14-10-21-22(4)11-14)16(9-17(13)23)18(3,19)20;1-2/h8-12H,5-7H2,1-4H3;1-2H3. The number of alkyl halides is 2. The number of nitrogens with zero attached hydrogens (tertiary/aromatic N) is 3. The van der Waals surface area contributed by atoms with Crippen LogP contribution in [0, 0.1) is 0 Å². The molecular weight excluding hydrogens is 320 g/mol. The van der Waals surface area contributed by atoms with Crippen LogP contribution in [0.15, 0.2) is 24.5 Å². The minimum Gasteiger partial charge on any atom is -0.369 e. The van der Waals surface area contributed by atoms with Crippen LogP contribution >= 0.6 is 0 Å². The number of fused-ring (bicyclic) bond motifs is 1. The summed E-state index contributed by atoms with van der Waals surface area (Å²) in [4.78, 5) is 2.22. The van der Waals surface area contributed by atoms with Crippen LogP contribution in [0.25, 0.3) is 11.1 Å². The lowest BCUT2D eigenvalue weighted by Crippen LogP contribution is -2.35. The maximum atomic E-state index is 14.3. The normalized spacial score (nSPS) is 14.2. The van der Waals surface area contributed by atoms with Gasteiger partial charge in [-0.15, -0.1) is 0 Å². The van der Waals surface area contributed by atoms with Gasteiger partial charge in [-0.2, -0.15) is 5.10 Å². The summed E-state index contributed by atoms with van der Waals surface area (Å²) >= 11 is 0. The summed E-state index contributed by atoms with van der Waals surface area (Å²) in [6.45, 7) is 10.1. The van der Waals surface area contributed by atoms with Crippen LogP contribution in [-0.2, 0) is 19.4 Å². The maximum Gasteiger partial charge on any atom is 0.271 e. The Morgan fingerprint density at radius 3 is 2.40 bits per heavy atom. The van der Waals surface area contributed by atoms with Crippen LogP contribution in [0.4, 0.5) is 14.5 Å². The molecule has 0 bridgehead atoms. The monoisotopic (exact) mass is 349 g/mol. The molecule has 0 spiro atoms. The van der Waals surface area contributed by atoms with Gasteiger partial charge in [0.2, 0.25) is 0 Å². The molecule has 0 aliphatic carbocycles. The fraction of sp³-hybridized carbons (Fsp3) is 0.550. The van der Waals surface area contributed by atoms with Gasteiger partial charge in [-0.05, 0) is 49.9 Å². The Balaban J connectivity index is 0.00000109. The highest BCUT2D eigenvalue weighted by molar-refractivity contribution is 5.74. The summed E-state index contributed by atoms with van der Waals surface area (Å²) in [6, 6.07) is 3.93. The van der Waals surface area contributed by atoms with Gasteiger partial charge in [0.1, 0.15) is 0 Å². The van der Waals surface area contributed by atoms with Crippen molar-refractivity contribution in [2.45, 2.75) is 59.4 Å². The molecule has 0 atom stereocenters. The molecule has 138 valence electrons. The first-order valence-corrected chi connectivity index (χ1v) is 9.08. The van der Waals surface area contributed by atoms with E-state index in [0.29, 0.717) is 11.6 Å². The van der Waals surface area contributed by atoms with Gasteiger partial charge >= 0.3 is 0 Å². The van der Waals surface area contributed by atoms with Crippen molar-refractivity contribution in [2.24, 2.45) is 7.05 Å². The van der Waals surface area contributed by atoms with Crippen LogP contribution in [0.1, 0.15) is 52.2 Å². The Labute approximate surface area is 149 Å². The molecule has 3 nitrogen and oxygen atoms in total. The van der Waals surface area contributed by atoms with Crippen LogP contribution in [0.2, 0.25) is 0 Å². The molecule has 1 aliphatic heterocycles. The van der Waals surface area contributed by atoms with Gasteiger partial charge in [0.05, 0.1) is 6.20 Å². The molecule has 3 rings (SSSR count). The minimum atomic E-state index is -2.89. The predicted molar refractivity (Wildman–Crippen MR) is 100 cm³/mol. The quantitative estimate of drug-likeness (QED) is 0.741. The number of rotatable bonds is 3. The zero-order chi connectivity index (χ0) is 18.8. The van der Waals surface area contributed by atoms with Crippen molar-refractivity contribution in [3.63, 3.8) is 0 Å². The van der Waals surface area contributed by atoms with Gasteiger partial charge < -0.3 is 4.90 Å². The van der Waals surface area contributed by atoms with Gasteiger partial charge in [0.25, 0.3) is 5.92 Å². The van der Waals surface area contributed by atoms with E-state index in [9.17, 15) is 8.78 Å². The average molecular weight is 349 g/mol. The van der Waals surface area contributed by atoms with Gasteiger partial charge in [0.15, 0.2) is 0 Å². The molecule has 5 heteroatoms. The molecule has 0 saturated carbocycles. The highest BCUT2D eigenvalue weighted by atomic mass is 19.3. The first-order valence-electron chi connectivity index (χ1n) is 9.08. The number of anilines is 1.